The molecule has 1 aliphatic rings. The molecule has 2 atom stereocenters. The van der Waals surface area contributed by atoms with E-state index in [9.17, 15) is 5.11 Å². The smallest absolute Gasteiger partial charge is 0.119 e. The second-order valence-electron chi connectivity index (χ2n) is 4.32. The summed E-state index contributed by atoms with van der Waals surface area (Å²) in [7, 11) is 1.65. The fourth-order valence-electron chi connectivity index (χ4n) is 1.82. The van der Waals surface area contributed by atoms with Crippen molar-refractivity contribution < 1.29 is 9.84 Å². The first-order valence-electron chi connectivity index (χ1n) is 5.25. The van der Waals surface area contributed by atoms with Crippen molar-refractivity contribution in [2.45, 2.75) is 31.4 Å². The highest BCUT2D eigenvalue weighted by Crippen LogP contribution is 2.34. The fourth-order valence-corrected chi connectivity index (χ4v) is 1.82. The molecule has 2 rings (SSSR count). The first-order valence-corrected chi connectivity index (χ1v) is 5.25. The first-order chi connectivity index (χ1) is 7.12. The molecule has 0 unspecified atom stereocenters. The summed E-state index contributed by atoms with van der Waals surface area (Å²) in [6.07, 6.45) is 1.90. The van der Waals surface area contributed by atoms with Crippen LogP contribution >= 0.6 is 0 Å². The lowest BCUT2D eigenvalue weighted by Gasteiger charge is -2.43. The molecule has 0 saturated heterocycles. The molecule has 0 radical (unpaired) electrons. The van der Waals surface area contributed by atoms with E-state index in [4.69, 9.17) is 4.74 Å². The van der Waals surface area contributed by atoms with Crippen molar-refractivity contribution >= 4 is 5.69 Å². The third kappa shape index (κ3) is 2.07. The second-order valence-corrected chi connectivity index (χ2v) is 4.32. The summed E-state index contributed by atoms with van der Waals surface area (Å²) >= 11 is 0. The molecule has 0 heterocycles. The molecule has 15 heavy (non-hydrogen) atoms. The maximum absolute atomic E-state index is 9.85. The van der Waals surface area contributed by atoms with Gasteiger partial charge in [-0.15, -0.1) is 0 Å². The molecule has 1 aromatic carbocycles. The zero-order valence-electron chi connectivity index (χ0n) is 9.16. The minimum atomic E-state index is -0.556. The van der Waals surface area contributed by atoms with E-state index in [0.29, 0.717) is 0 Å². The number of methoxy groups -OCH3 is 1. The standard InChI is InChI=1S/C12H17NO2/c1-12(14)8-7-11(12)13-9-3-5-10(15-2)6-4-9/h3-6,11,13-14H,7-8H2,1-2H3/t11-,12-/m0/s1. The molecule has 3 heteroatoms. The van der Waals surface area contributed by atoms with Crippen LogP contribution in [-0.4, -0.2) is 23.9 Å². The Kier molecular flexibility index (Phi) is 2.57. The van der Waals surface area contributed by atoms with Crippen molar-refractivity contribution in [3.05, 3.63) is 24.3 Å². The number of aliphatic hydroxyl groups is 1. The summed E-state index contributed by atoms with van der Waals surface area (Å²) in [5.74, 6) is 0.848. The highest BCUT2D eigenvalue weighted by Gasteiger charge is 2.40. The van der Waals surface area contributed by atoms with Crippen molar-refractivity contribution in [1.29, 1.82) is 0 Å². The van der Waals surface area contributed by atoms with E-state index in [1.54, 1.807) is 7.11 Å². The molecule has 0 bridgehead atoms. The Hall–Kier alpha value is -1.22. The van der Waals surface area contributed by atoms with Gasteiger partial charge in [0.15, 0.2) is 0 Å². The van der Waals surface area contributed by atoms with Crippen molar-refractivity contribution in [3.8, 4) is 5.75 Å². The monoisotopic (exact) mass is 207 g/mol. The number of nitrogens with one attached hydrogen (secondary N) is 1. The van der Waals surface area contributed by atoms with Gasteiger partial charge in [0.1, 0.15) is 5.75 Å². The van der Waals surface area contributed by atoms with Crippen molar-refractivity contribution in [2.24, 2.45) is 0 Å². The van der Waals surface area contributed by atoms with Gasteiger partial charge in [0.25, 0.3) is 0 Å². The Balaban J connectivity index is 1.99. The molecule has 3 nitrogen and oxygen atoms in total. The molecule has 82 valence electrons. The zero-order chi connectivity index (χ0) is 10.9. The van der Waals surface area contributed by atoms with Crippen LogP contribution in [0.5, 0.6) is 5.75 Å². The number of hydrogen-bond acceptors (Lipinski definition) is 3. The summed E-state index contributed by atoms with van der Waals surface area (Å²) in [5, 5.41) is 13.2. The van der Waals surface area contributed by atoms with Crippen molar-refractivity contribution in [1.82, 2.24) is 0 Å². The molecular weight excluding hydrogens is 190 g/mol. The summed E-state index contributed by atoms with van der Waals surface area (Å²) in [6.45, 7) is 1.87. The van der Waals surface area contributed by atoms with E-state index in [0.717, 1.165) is 24.3 Å². The minimum absolute atomic E-state index is 0.172. The first kappa shape index (κ1) is 10.3. The Labute approximate surface area is 90.1 Å². The maximum atomic E-state index is 9.85. The van der Waals surface area contributed by atoms with E-state index in [-0.39, 0.29) is 6.04 Å². The topological polar surface area (TPSA) is 41.5 Å². The zero-order valence-corrected chi connectivity index (χ0v) is 9.16. The lowest BCUT2D eigenvalue weighted by Crippen LogP contribution is -2.53. The third-order valence-electron chi connectivity index (χ3n) is 3.12. The van der Waals surface area contributed by atoms with Gasteiger partial charge in [0.2, 0.25) is 0 Å². The molecule has 0 aromatic heterocycles. The van der Waals surface area contributed by atoms with Gasteiger partial charge in [-0.2, -0.15) is 0 Å². The maximum Gasteiger partial charge on any atom is 0.119 e. The molecule has 1 fully saturated rings. The van der Waals surface area contributed by atoms with Gasteiger partial charge < -0.3 is 15.2 Å². The Morgan fingerprint density at radius 3 is 2.47 bits per heavy atom. The van der Waals surface area contributed by atoms with E-state index in [1.807, 2.05) is 31.2 Å². The lowest BCUT2D eigenvalue weighted by molar-refractivity contribution is -0.0286. The summed E-state index contributed by atoms with van der Waals surface area (Å²) < 4.78 is 5.08. The highest BCUT2D eigenvalue weighted by atomic mass is 16.5. The van der Waals surface area contributed by atoms with Crippen LogP contribution in [-0.2, 0) is 0 Å². The van der Waals surface area contributed by atoms with E-state index < -0.39 is 5.60 Å². The van der Waals surface area contributed by atoms with Crippen LogP contribution in [0.25, 0.3) is 0 Å². The lowest BCUT2D eigenvalue weighted by atomic mass is 9.76. The van der Waals surface area contributed by atoms with E-state index in [2.05, 4.69) is 5.32 Å². The summed E-state index contributed by atoms with van der Waals surface area (Å²) in [4.78, 5) is 0. The van der Waals surface area contributed by atoms with Gasteiger partial charge >= 0.3 is 0 Å². The normalized spacial score (nSPS) is 29.4. The predicted molar refractivity (Wildman–Crippen MR) is 60.3 cm³/mol. The number of benzene rings is 1. The Morgan fingerprint density at radius 1 is 1.40 bits per heavy atom. The minimum Gasteiger partial charge on any atom is -0.497 e. The van der Waals surface area contributed by atoms with E-state index >= 15 is 0 Å². The SMILES string of the molecule is COc1ccc(N[C@H]2CC[C@]2(C)O)cc1. The van der Waals surface area contributed by atoms with Crippen LogP contribution in [0.4, 0.5) is 5.69 Å². The van der Waals surface area contributed by atoms with Gasteiger partial charge in [-0.25, -0.2) is 0 Å². The number of ether oxygens (including phenoxy) is 1. The van der Waals surface area contributed by atoms with Crippen LogP contribution in [0.1, 0.15) is 19.8 Å². The number of rotatable bonds is 3. The molecule has 0 spiro atoms. The molecule has 1 saturated carbocycles. The Morgan fingerprint density at radius 2 is 2.07 bits per heavy atom. The van der Waals surface area contributed by atoms with Gasteiger partial charge in [0.05, 0.1) is 18.8 Å². The van der Waals surface area contributed by atoms with Crippen LogP contribution in [0.15, 0.2) is 24.3 Å². The third-order valence-corrected chi connectivity index (χ3v) is 3.12. The molecule has 0 aliphatic heterocycles. The van der Waals surface area contributed by atoms with Gasteiger partial charge in [-0.1, -0.05) is 0 Å². The van der Waals surface area contributed by atoms with Gasteiger partial charge in [0, 0.05) is 5.69 Å². The van der Waals surface area contributed by atoms with Crippen LogP contribution in [0, 0.1) is 0 Å². The molecule has 1 aliphatic carbocycles. The fraction of sp³-hybridized carbons (Fsp3) is 0.500. The second kappa shape index (κ2) is 3.74. The quantitative estimate of drug-likeness (QED) is 0.796. The van der Waals surface area contributed by atoms with Crippen molar-refractivity contribution in [2.75, 3.05) is 12.4 Å². The molecular formula is C12H17NO2. The molecule has 2 N–H and O–H groups in total. The molecule has 0 amide bonds. The summed E-state index contributed by atoms with van der Waals surface area (Å²) in [6, 6.07) is 7.93. The average Bonchev–Trinajstić information content (AvgIpc) is 2.25. The number of anilines is 1. The van der Waals surface area contributed by atoms with Crippen LogP contribution in [0.2, 0.25) is 0 Å². The van der Waals surface area contributed by atoms with Crippen LogP contribution < -0.4 is 10.1 Å². The van der Waals surface area contributed by atoms with Crippen LogP contribution in [0.3, 0.4) is 0 Å². The number of hydrogen-bond donors (Lipinski definition) is 2. The predicted octanol–water partition coefficient (Wildman–Crippen LogP) is 2.02. The Bertz CT molecular complexity index is 332. The molecule has 1 aromatic rings. The largest absolute Gasteiger partial charge is 0.497 e. The summed E-state index contributed by atoms with van der Waals surface area (Å²) in [5.41, 5.74) is 0.473. The van der Waals surface area contributed by atoms with Gasteiger partial charge in [-0.05, 0) is 44.0 Å². The van der Waals surface area contributed by atoms with E-state index in [1.165, 1.54) is 0 Å². The highest BCUT2D eigenvalue weighted by molar-refractivity contribution is 5.48. The van der Waals surface area contributed by atoms with Gasteiger partial charge in [-0.3, -0.25) is 0 Å². The average molecular weight is 207 g/mol. The van der Waals surface area contributed by atoms with Crippen molar-refractivity contribution in [3.63, 3.8) is 0 Å².